The number of ether oxygens (including phenoxy) is 2. The number of carbonyl (C=O) groups excluding carboxylic acids is 1. The maximum atomic E-state index is 13.5. The summed E-state index contributed by atoms with van der Waals surface area (Å²) in [5.41, 5.74) is 0.312. The van der Waals surface area contributed by atoms with Gasteiger partial charge in [0, 0.05) is 67.4 Å². The van der Waals surface area contributed by atoms with Crippen molar-refractivity contribution >= 4 is 35.0 Å². The number of aromatic nitrogens is 5. The lowest BCUT2D eigenvalue weighted by Gasteiger charge is -2.40. The van der Waals surface area contributed by atoms with Crippen LogP contribution in [0.15, 0.2) is 24.8 Å². The standard InChI is InChI=1S/C21H26F3N5O2S.C6H9BN2O3/c1-12-11-28(7-8-29(12)19(30)31-20(2,3)4)17-15(27-18(32-17)21(22,23)24)14-9-25-16(26-10-14)13-5-6-13;1-2-12-6-8-3-5(4-9-6)7(10)11/h9-10,12-13H,5-8,11H2,1-4H3;3-4,10-11H,2H2,1H3/t12-;/m1./s1. The Bertz CT molecular complexity index is 1400. The Morgan fingerprint density at radius 1 is 1.07 bits per heavy atom. The van der Waals surface area contributed by atoms with Crippen molar-refractivity contribution in [3.8, 4) is 17.3 Å². The molecule has 2 aliphatic rings. The van der Waals surface area contributed by atoms with Crippen molar-refractivity contribution in [1.82, 2.24) is 29.8 Å². The molecule has 3 aromatic heterocycles. The number of carbonyl (C=O) groups is 1. The van der Waals surface area contributed by atoms with Crippen LogP contribution in [0.3, 0.4) is 0 Å². The van der Waals surface area contributed by atoms with Gasteiger partial charge in [0.2, 0.25) is 5.01 Å². The lowest BCUT2D eigenvalue weighted by Crippen LogP contribution is -2.55. The van der Waals surface area contributed by atoms with E-state index in [0.717, 1.165) is 18.7 Å². The van der Waals surface area contributed by atoms with E-state index in [9.17, 15) is 18.0 Å². The Morgan fingerprint density at radius 2 is 1.70 bits per heavy atom. The lowest BCUT2D eigenvalue weighted by atomic mass is 9.83. The fourth-order valence-corrected chi connectivity index (χ4v) is 5.24. The number of thiazole rings is 1. The second-order valence-corrected chi connectivity index (χ2v) is 12.3. The Balaban J connectivity index is 0.000000309. The minimum Gasteiger partial charge on any atom is -0.464 e. The average Bonchev–Trinajstić information content (AvgIpc) is 3.69. The summed E-state index contributed by atoms with van der Waals surface area (Å²) in [6, 6.07) is -0.00159. The van der Waals surface area contributed by atoms with E-state index in [2.05, 4.69) is 24.9 Å². The second kappa shape index (κ2) is 13.6. The van der Waals surface area contributed by atoms with Crippen LogP contribution in [0.5, 0.6) is 6.01 Å². The highest BCUT2D eigenvalue weighted by Crippen LogP contribution is 2.43. The predicted octanol–water partition coefficient (Wildman–Crippen LogP) is 3.50. The van der Waals surface area contributed by atoms with E-state index < -0.39 is 30.0 Å². The van der Waals surface area contributed by atoms with Gasteiger partial charge in [-0.25, -0.2) is 29.7 Å². The fourth-order valence-electron chi connectivity index (χ4n) is 4.25. The van der Waals surface area contributed by atoms with Crippen LogP contribution in [0, 0.1) is 0 Å². The zero-order valence-electron chi connectivity index (χ0n) is 25.1. The molecule has 0 spiro atoms. The monoisotopic (exact) mass is 637 g/mol. The lowest BCUT2D eigenvalue weighted by molar-refractivity contribution is -0.137. The van der Waals surface area contributed by atoms with Gasteiger partial charge in [0.05, 0.1) is 6.61 Å². The molecule has 44 heavy (non-hydrogen) atoms. The summed E-state index contributed by atoms with van der Waals surface area (Å²) in [5.74, 6) is 1.08. The van der Waals surface area contributed by atoms with Crippen LogP contribution in [-0.4, -0.2) is 91.0 Å². The van der Waals surface area contributed by atoms with Crippen molar-refractivity contribution < 1.29 is 37.5 Å². The minimum absolute atomic E-state index is 0.225. The summed E-state index contributed by atoms with van der Waals surface area (Å²) in [5, 5.41) is 16.9. The van der Waals surface area contributed by atoms with Crippen LogP contribution < -0.4 is 15.1 Å². The number of amides is 1. The van der Waals surface area contributed by atoms with Crippen LogP contribution in [-0.2, 0) is 10.9 Å². The van der Waals surface area contributed by atoms with Gasteiger partial charge in [0.25, 0.3) is 0 Å². The molecule has 1 aliphatic heterocycles. The number of piperazine rings is 1. The topological polar surface area (TPSA) is 147 Å². The van der Waals surface area contributed by atoms with Gasteiger partial charge in [0.1, 0.15) is 22.1 Å². The first-order chi connectivity index (χ1) is 20.7. The second-order valence-electron chi connectivity index (χ2n) is 11.3. The highest BCUT2D eigenvalue weighted by atomic mass is 32.1. The molecule has 1 aliphatic carbocycles. The SMILES string of the molecule is CCOc1ncc(B(O)O)cn1.C[C@@H]1CN(c2sc(C(F)(F)F)nc2-c2cnc(C3CC3)nc2)CCN1C(=O)OC(C)(C)C. The molecule has 17 heteroatoms. The van der Waals surface area contributed by atoms with Crippen molar-refractivity contribution in [2.45, 2.75) is 71.2 Å². The predicted molar refractivity (Wildman–Crippen MR) is 158 cm³/mol. The Labute approximate surface area is 257 Å². The van der Waals surface area contributed by atoms with Gasteiger partial charge in [-0.15, -0.1) is 0 Å². The molecular weight excluding hydrogens is 602 g/mol. The number of alkyl halides is 3. The van der Waals surface area contributed by atoms with E-state index in [-0.39, 0.29) is 23.2 Å². The van der Waals surface area contributed by atoms with Crippen LogP contribution >= 0.6 is 11.3 Å². The van der Waals surface area contributed by atoms with Gasteiger partial charge < -0.3 is 29.3 Å². The molecule has 3 aromatic rings. The van der Waals surface area contributed by atoms with Crippen LogP contribution in [0.1, 0.15) is 64.2 Å². The average molecular weight is 637 g/mol. The van der Waals surface area contributed by atoms with E-state index in [1.165, 1.54) is 12.4 Å². The molecule has 4 heterocycles. The highest BCUT2D eigenvalue weighted by molar-refractivity contribution is 7.16. The fraction of sp³-hybridized carbons (Fsp3) is 0.556. The normalized spacial score (nSPS) is 17.1. The van der Waals surface area contributed by atoms with Crippen molar-refractivity contribution in [1.29, 1.82) is 0 Å². The molecule has 238 valence electrons. The van der Waals surface area contributed by atoms with E-state index >= 15 is 0 Å². The maximum absolute atomic E-state index is 13.5. The van der Waals surface area contributed by atoms with Crippen LogP contribution in [0.25, 0.3) is 11.3 Å². The van der Waals surface area contributed by atoms with Gasteiger partial charge in [-0.2, -0.15) is 13.2 Å². The Kier molecular flexibility index (Phi) is 10.3. The molecule has 0 aromatic carbocycles. The summed E-state index contributed by atoms with van der Waals surface area (Å²) >= 11 is 0.612. The minimum atomic E-state index is -4.55. The summed E-state index contributed by atoms with van der Waals surface area (Å²) in [4.78, 5) is 36.0. The van der Waals surface area contributed by atoms with E-state index in [4.69, 9.17) is 19.5 Å². The quantitative estimate of drug-likeness (QED) is 0.383. The van der Waals surface area contributed by atoms with Crippen molar-refractivity contribution in [3.05, 3.63) is 35.6 Å². The first kappa shape index (κ1) is 33.3. The zero-order valence-corrected chi connectivity index (χ0v) is 25.9. The van der Waals surface area contributed by atoms with Crippen molar-refractivity contribution in [2.24, 2.45) is 0 Å². The van der Waals surface area contributed by atoms with Gasteiger partial charge in [-0.3, -0.25) is 0 Å². The van der Waals surface area contributed by atoms with E-state index in [0.29, 0.717) is 54.1 Å². The molecule has 0 radical (unpaired) electrons. The highest BCUT2D eigenvalue weighted by Gasteiger charge is 2.39. The Morgan fingerprint density at radius 3 is 2.20 bits per heavy atom. The number of anilines is 1. The molecule has 12 nitrogen and oxygen atoms in total. The molecule has 1 amide bonds. The van der Waals surface area contributed by atoms with Crippen LogP contribution in [0.4, 0.5) is 23.0 Å². The molecule has 2 N–H and O–H groups in total. The summed E-state index contributed by atoms with van der Waals surface area (Å²) in [6.07, 6.45) is 2.84. The van der Waals surface area contributed by atoms with Crippen molar-refractivity contribution in [2.75, 3.05) is 31.1 Å². The number of nitrogens with zero attached hydrogens (tertiary/aromatic N) is 7. The van der Waals surface area contributed by atoms with Gasteiger partial charge in [-0.05, 0) is 47.5 Å². The maximum Gasteiger partial charge on any atom is 0.491 e. The molecule has 1 saturated carbocycles. The molecule has 1 atom stereocenters. The Hall–Kier alpha value is -3.57. The molecule has 2 fully saturated rings. The smallest absolute Gasteiger partial charge is 0.464 e. The van der Waals surface area contributed by atoms with Crippen molar-refractivity contribution in [3.63, 3.8) is 0 Å². The number of halogens is 3. The van der Waals surface area contributed by atoms with E-state index in [1.54, 1.807) is 38.1 Å². The number of hydrogen-bond acceptors (Lipinski definition) is 12. The number of rotatable bonds is 6. The molecule has 1 saturated heterocycles. The van der Waals surface area contributed by atoms with Gasteiger partial charge >= 0.3 is 25.4 Å². The third-order valence-electron chi connectivity index (χ3n) is 6.50. The van der Waals surface area contributed by atoms with Gasteiger partial charge in [-0.1, -0.05) is 11.3 Å². The van der Waals surface area contributed by atoms with Crippen LogP contribution in [0.2, 0.25) is 0 Å². The van der Waals surface area contributed by atoms with E-state index in [1.807, 2.05) is 18.7 Å². The first-order valence-corrected chi connectivity index (χ1v) is 14.9. The summed E-state index contributed by atoms with van der Waals surface area (Å²) in [7, 11) is -1.53. The largest absolute Gasteiger partial charge is 0.491 e. The first-order valence-electron chi connectivity index (χ1n) is 14.1. The molecule has 0 unspecified atom stereocenters. The zero-order chi connectivity index (χ0) is 32.2. The summed E-state index contributed by atoms with van der Waals surface area (Å²) in [6.45, 7) is 10.6. The summed E-state index contributed by atoms with van der Waals surface area (Å²) < 4.78 is 50.8. The number of hydrogen-bond donors (Lipinski definition) is 2. The molecule has 0 bridgehead atoms. The molecular formula is C27H35BF3N7O5S. The third-order valence-corrected chi connectivity index (χ3v) is 7.66. The molecule has 5 rings (SSSR count). The third kappa shape index (κ3) is 8.76. The van der Waals surface area contributed by atoms with Gasteiger partial charge in [0.15, 0.2) is 0 Å².